The lowest BCUT2D eigenvalue weighted by molar-refractivity contribution is -0.122. The largest absolute Gasteiger partial charge is 0.389 e. The van der Waals surface area contributed by atoms with Crippen LogP contribution in [0.2, 0.25) is 0 Å². The molecule has 0 saturated heterocycles. The summed E-state index contributed by atoms with van der Waals surface area (Å²) in [5.41, 5.74) is 4.03. The van der Waals surface area contributed by atoms with Crippen molar-refractivity contribution in [3.63, 3.8) is 0 Å². The van der Waals surface area contributed by atoms with Crippen molar-refractivity contribution in [2.45, 2.75) is 149 Å². The molecule has 37 heavy (non-hydrogen) atoms. The van der Waals surface area contributed by atoms with E-state index < -0.39 is 5.60 Å². The molecule has 4 rings (SSSR count). The molecule has 0 bridgehead atoms. The smallest absolute Gasteiger partial charge is 0.0758 e. The fraction of sp³-hybridized carbons (Fsp3) is 0.778. The van der Waals surface area contributed by atoms with Gasteiger partial charge in [-0.3, -0.25) is 0 Å². The van der Waals surface area contributed by atoms with Gasteiger partial charge in [-0.1, -0.05) is 115 Å². The maximum absolute atomic E-state index is 12.5. The minimum Gasteiger partial charge on any atom is -0.389 e. The first-order chi connectivity index (χ1) is 17.8. The molecule has 0 radical (unpaired) electrons. The van der Waals surface area contributed by atoms with Gasteiger partial charge in [-0.25, -0.2) is 0 Å². The van der Waals surface area contributed by atoms with Crippen LogP contribution in [0.4, 0.5) is 0 Å². The molecule has 7 atom stereocenters. The second-order valence-corrected chi connectivity index (χ2v) is 14.0. The van der Waals surface area contributed by atoms with Crippen LogP contribution in [0.3, 0.4) is 0 Å². The number of allylic oxidation sites excluding steroid dienone is 1. The molecule has 2 saturated carbocycles. The lowest BCUT2D eigenvalue weighted by Crippen LogP contribution is -2.55. The molecule has 0 aliphatic heterocycles. The standard InChI is InChI=1S/C36H58O/c1-6-7-8-13-16-27(2)17-14-11-9-10-12-15-24-36(37)26-35(5)29(4)19-23-33(35)32-22-20-30-25-28(3)18-21-31(30)34(32)36/h12,15,18,21,25,27,29,32-34,37H,6-11,13-14,16-17,19-20,22-24,26H2,1-5H3/b15-12+/t27?,29-,32?,33?,34?,35+,36-/m0/s1. The molecule has 0 spiro atoms. The maximum Gasteiger partial charge on any atom is 0.0758 e. The monoisotopic (exact) mass is 506 g/mol. The van der Waals surface area contributed by atoms with Gasteiger partial charge in [0.25, 0.3) is 0 Å². The van der Waals surface area contributed by atoms with Gasteiger partial charge < -0.3 is 5.11 Å². The highest BCUT2D eigenvalue weighted by molar-refractivity contribution is 5.40. The average Bonchev–Trinajstić information content (AvgIpc) is 3.16. The predicted molar refractivity (Wildman–Crippen MR) is 160 cm³/mol. The van der Waals surface area contributed by atoms with E-state index in [1.54, 1.807) is 0 Å². The molecule has 0 heterocycles. The summed E-state index contributed by atoms with van der Waals surface area (Å²) in [4.78, 5) is 0. The number of unbranched alkanes of at least 4 members (excludes halogenated alkanes) is 6. The Balaban J connectivity index is 1.33. The third-order valence-corrected chi connectivity index (χ3v) is 11.2. The Kier molecular flexibility index (Phi) is 10.0. The van der Waals surface area contributed by atoms with E-state index in [1.807, 2.05) is 0 Å². The molecular weight excluding hydrogens is 448 g/mol. The molecule has 3 aliphatic rings. The Morgan fingerprint density at radius 3 is 2.51 bits per heavy atom. The highest BCUT2D eigenvalue weighted by Gasteiger charge is 2.61. The van der Waals surface area contributed by atoms with Crippen LogP contribution in [0.1, 0.15) is 147 Å². The summed E-state index contributed by atoms with van der Waals surface area (Å²) in [5.74, 6) is 3.35. The molecular formula is C36H58O. The number of aryl methyl sites for hydroxylation is 2. The van der Waals surface area contributed by atoms with E-state index >= 15 is 0 Å². The van der Waals surface area contributed by atoms with E-state index in [4.69, 9.17) is 0 Å². The van der Waals surface area contributed by atoms with E-state index in [1.165, 1.54) is 107 Å². The molecule has 1 nitrogen and oxygen atoms in total. The van der Waals surface area contributed by atoms with Gasteiger partial charge in [0, 0.05) is 5.92 Å². The minimum absolute atomic E-state index is 0.291. The van der Waals surface area contributed by atoms with Crippen molar-refractivity contribution in [1.82, 2.24) is 0 Å². The summed E-state index contributed by atoms with van der Waals surface area (Å²) < 4.78 is 0. The molecule has 1 heteroatoms. The summed E-state index contributed by atoms with van der Waals surface area (Å²) in [6.45, 7) is 11.9. The fourth-order valence-electron chi connectivity index (χ4n) is 8.93. The van der Waals surface area contributed by atoms with Gasteiger partial charge in [-0.05, 0) is 98.5 Å². The number of hydrogen-bond acceptors (Lipinski definition) is 1. The summed E-state index contributed by atoms with van der Waals surface area (Å²) in [6.07, 6.45) is 25.3. The van der Waals surface area contributed by atoms with Crippen molar-refractivity contribution < 1.29 is 5.11 Å². The quantitative estimate of drug-likeness (QED) is 0.208. The van der Waals surface area contributed by atoms with E-state index in [9.17, 15) is 5.11 Å². The minimum atomic E-state index is -0.608. The molecule has 0 amide bonds. The first kappa shape index (κ1) is 28.9. The molecule has 1 N–H and O–H groups in total. The summed E-state index contributed by atoms with van der Waals surface area (Å²) in [7, 11) is 0. The van der Waals surface area contributed by atoms with Crippen LogP contribution >= 0.6 is 0 Å². The van der Waals surface area contributed by atoms with E-state index in [-0.39, 0.29) is 0 Å². The molecule has 1 aromatic carbocycles. The van der Waals surface area contributed by atoms with Gasteiger partial charge in [0.1, 0.15) is 0 Å². The second-order valence-electron chi connectivity index (χ2n) is 14.0. The van der Waals surface area contributed by atoms with Crippen LogP contribution in [0.5, 0.6) is 0 Å². The van der Waals surface area contributed by atoms with Crippen molar-refractivity contribution in [2.75, 3.05) is 0 Å². The molecule has 4 unspecified atom stereocenters. The topological polar surface area (TPSA) is 20.2 Å². The first-order valence-corrected chi connectivity index (χ1v) is 16.3. The zero-order valence-corrected chi connectivity index (χ0v) is 25.0. The van der Waals surface area contributed by atoms with Gasteiger partial charge in [-0.2, -0.15) is 0 Å². The Labute approximate surface area is 229 Å². The third kappa shape index (κ3) is 6.57. The molecule has 3 aliphatic carbocycles. The molecule has 1 aromatic rings. The van der Waals surface area contributed by atoms with Crippen LogP contribution in [0, 0.1) is 36.0 Å². The molecule has 0 aromatic heterocycles. The lowest BCUT2D eigenvalue weighted by Gasteiger charge is -2.58. The number of benzene rings is 1. The van der Waals surface area contributed by atoms with E-state index in [0.29, 0.717) is 17.3 Å². The number of aliphatic hydroxyl groups is 1. The highest BCUT2D eigenvalue weighted by atomic mass is 16.3. The van der Waals surface area contributed by atoms with Crippen molar-refractivity contribution >= 4 is 0 Å². The SMILES string of the molecule is CCCCCCC(C)CCCCC/C=C/C[C@]1(O)C[C@@]2(C)C(CC[C@@H]2C)C2CCc3cc(C)ccc3C21. The summed E-state index contributed by atoms with van der Waals surface area (Å²) >= 11 is 0. The second kappa shape index (κ2) is 12.8. The Morgan fingerprint density at radius 1 is 1.00 bits per heavy atom. The lowest BCUT2D eigenvalue weighted by atomic mass is 9.49. The first-order valence-electron chi connectivity index (χ1n) is 16.3. The Bertz CT molecular complexity index is 885. The summed E-state index contributed by atoms with van der Waals surface area (Å²) in [6, 6.07) is 7.07. The molecule has 2 fully saturated rings. The van der Waals surface area contributed by atoms with Crippen LogP contribution in [0.25, 0.3) is 0 Å². The van der Waals surface area contributed by atoms with E-state index in [2.05, 4.69) is 65.0 Å². The average molecular weight is 507 g/mol. The van der Waals surface area contributed by atoms with Crippen molar-refractivity contribution in [3.8, 4) is 0 Å². The predicted octanol–water partition coefficient (Wildman–Crippen LogP) is 10.3. The number of fused-ring (bicyclic) bond motifs is 5. The zero-order chi connectivity index (χ0) is 26.5. The van der Waals surface area contributed by atoms with E-state index in [0.717, 1.165) is 30.6 Å². The third-order valence-electron chi connectivity index (χ3n) is 11.2. The maximum atomic E-state index is 12.5. The summed E-state index contributed by atoms with van der Waals surface area (Å²) in [5, 5.41) is 12.5. The number of rotatable bonds is 13. The zero-order valence-electron chi connectivity index (χ0n) is 25.0. The van der Waals surface area contributed by atoms with Gasteiger partial charge in [0.05, 0.1) is 5.60 Å². The fourth-order valence-corrected chi connectivity index (χ4v) is 8.93. The normalized spacial score (nSPS) is 33.8. The number of hydrogen-bond donors (Lipinski definition) is 1. The highest BCUT2D eigenvalue weighted by Crippen LogP contribution is 2.66. The van der Waals surface area contributed by atoms with Crippen molar-refractivity contribution in [3.05, 3.63) is 47.0 Å². The van der Waals surface area contributed by atoms with Crippen LogP contribution in [-0.4, -0.2) is 10.7 Å². The van der Waals surface area contributed by atoms with Crippen LogP contribution in [-0.2, 0) is 6.42 Å². The van der Waals surface area contributed by atoms with Gasteiger partial charge in [0.15, 0.2) is 0 Å². The molecule has 208 valence electrons. The van der Waals surface area contributed by atoms with Crippen molar-refractivity contribution in [2.24, 2.45) is 29.1 Å². The van der Waals surface area contributed by atoms with Crippen LogP contribution < -0.4 is 0 Å². The van der Waals surface area contributed by atoms with Gasteiger partial charge >= 0.3 is 0 Å². The van der Waals surface area contributed by atoms with Crippen LogP contribution in [0.15, 0.2) is 30.4 Å². The van der Waals surface area contributed by atoms with Crippen molar-refractivity contribution in [1.29, 1.82) is 0 Å². The van der Waals surface area contributed by atoms with Gasteiger partial charge in [0.2, 0.25) is 0 Å². The Hall–Kier alpha value is -1.08. The van der Waals surface area contributed by atoms with Gasteiger partial charge in [-0.15, -0.1) is 0 Å². The Morgan fingerprint density at radius 2 is 1.76 bits per heavy atom.